The number of rotatable bonds is 4. The second-order valence-corrected chi connectivity index (χ2v) is 6.82. The highest BCUT2D eigenvalue weighted by Gasteiger charge is 2.23. The molecule has 1 amide bonds. The van der Waals surface area contributed by atoms with E-state index in [4.69, 9.17) is 0 Å². The Bertz CT molecular complexity index is 687. The molecule has 0 aliphatic carbocycles. The van der Waals surface area contributed by atoms with Gasteiger partial charge in [0.05, 0.1) is 11.4 Å². The van der Waals surface area contributed by atoms with Crippen LogP contribution in [0.4, 0.5) is 0 Å². The molecule has 1 fully saturated rings. The highest BCUT2D eigenvalue weighted by Crippen LogP contribution is 2.22. The summed E-state index contributed by atoms with van der Waals surface area (Å²) < 4.78 is 1.70. The molecular formula is C16H21N5OS. The van der Waals surface area contributed by atoms with Crippen LogP contribution < -0.4 is 0 Å². The Hall–Kier alpha value is -1.89. The Morgan fingerprint density at radius 2 is 2.17 bits per heavy atom. The number of carbonyl (C=O) groups excluding carboxylic acids is 1. The van der Waals surface area contributed by atoms with Crippen LogP contribution in [0, 0.1) is 6.92 Å². The van der Waals surface area contributed by atoms with Gasteiger partial charge in [-0.2, -0.15) is 4.68 Å². The first kappa shape index (κ1) is 16.0. The number of piperidine rings is 1. The van der Waals surface area contributed by atoms with Crippen LogP contribution in [-0.4, -0.2) is 49.4 Å². The molecular weight excluding hydrogens is 310 g/mol. The Kier molecular flexibility index (Phi) is 4.95. The second-order valence-electron chi connectivity index (χ2n) is 5.88. The highest BCUT2D eigenvalue weighted by atomic mass is 32.2. The summed E-state index contributed by atoms with van der Waals surface area (Å²) in [7, 11) is 0. The van der Waals surface area contributed by atoms with Crippen LogP contribution in [-0.2, 0) is 4.79 Å². The predicted molar refractivity (Wildman–Crippen MR) is 89.6 cm³/mol. The van der Waals surface area contributed by atoms with Crippen LogP contribution in [0.1, 0.15) is 31.7 Å². The van der Waals surface area contributed by atoms with E-state index in [0.717, 1.165) is 30.6 Å². The lowest BCUT2D eigenvalue weighted by atomic mass is 10.0. The van der Waals surface area contributed by atoms with Crippen molar-refractivity contribution >= 4 is 17.7 Å². The fraction of sp³-hybridized carbons (Fsp3) is 0.500. The topological polar surface area (TPSA) is 63.9 Å². The average Bonchev–Trinajstić information content (AvgIpc) is 3.02. The summed E-state index contributed by atoms with van der Waals surface area (Å²) in [4.78, 5) is 14.4. The van der Waals surface area contributed by atoms with Crippen molar-refractivity contribution in [2.45, 2.75) is 44.3 Å². The first-order valence-corrected chi connectivity index (χ1v) is 8.92. The van der Waals surface area contributed by atoms with E-state index >= 15 is 0 Å². The van der Waals surface area contributed by atoms with E-state index in [1.807, 2.05) is 36.1 Å². The minimum atomic E-state index is 0.168. The van der Waals surface area contributed by atoms with Gasteiger partial charge in [-0.1, -0.05) is 30.0 Å². The number of likely N-dealkylation sites (tertiary alicyclic amines) is 1. The SMILES string of the molecule is Cc1ccccc1-n1nnnc1SCC(=O)N1CCCC[C@H]1C. The van der Waals surface area contributed by atoms with Crippen molar-refractivity contribution in [1.29, 1.82) is 0 Å². The molecule has 0 unspecified atom stereocenters. The number of amides is 1. The van der Waals surface area contributed by atoms with Gasteiger partial charge in [0.15, 0.2) is 0 Å². The lowest BCUT2D eigenvalue weighted by Gasteiger charge is -2.33. The number of hydrogen-bond donors (Lipinski definition) is 0. The monoisotopic (exact) mass is 331 g/mol. The number of thioether (sulfide) groups is 1. The van der Waals surface area contributed by atoms with Gasteiger partial charge in [-0.3, -0.25) is 4.79 Å². The standard InChI is InChI=1S/C16H21N5OS/c1-12-7-3-4-9-14(12)21-16(17-18-19-21)23-11-15(22)20-10-6-5-8-13(20)2/h3-4,7,9,13H,5-6,8,10-11H2,1-2H3/t13-/m1/s1. The molecule has 23 heavy (non-hydrogen) atoms. The molecule has 0 N–H and O–H groups in total. The van der Waals surface area contributed by atoms with E-state index in [9.17, 15) is 4.79 Å². The number of aryl methyl sites for hydroxylation is 1. The van der Waals surface area contributed by atoms with Crippen molar-refractivity contribution in [2.75, 3.05) is 12.3 Å². The van der Waals surface area contributed by atoms with E-state index in [0.29, 0.717) is 17.0 Å². The quantitative estimate of drug-likeness (QED) is 0.805. The molecule has 1 aliphatic rings. The van der Waals surface area contributed by atoms with Crippen LogP contribution >= 0.6 is 11.8 Å². The third-order valence-corrected chi connectivity index (χ3v) is 5.14. The number of benzene rings is 1. The molecule has 7 heteroatoms. The normalized spacial score (nSPS) is 18.2. The molecule has 3 rings (SSSR count). The summed E-state index contributed by atoms with van der Waals surface area (Å²) >= 11 is 1.40. The van der Waals surface area contributed by atoms with Crippen LogP contribution in [0.5, 0.6) is 0 Å². The van der Waals surface area contributed by atoms with E-state index in [2.05, 4.69) is 22.4 Å². The Morgan fingerprint density at radius 1 is 1.35 bits per heavy atom. The van der Waals surface area contributed by atoms with Crippen molar-refractivity contribution in [3.05, 3.63) is 29.8 Å². The van der Waals surface area contributed by atoms with Crippen molar-refractivity contribution < 1.29 is 4.79 Å². The third kappa shape index (κ3) is 3.55. The summed E-state index contributed by atoms with van der Waals surface area (Å²) in [5.41, 5.74) is 2.04. The number of carbonyl (C=O) groups is 1. The van der Waals surface area contributed by atoms with Gasteiger partial charge in [0, 0.05) is 12.6 Å². The molecule has 2 heterocycles. The van der Waals surface area contributed by atoms with Gasteiger partial charge in [-0.15, -0.1) is 5.10 Å². The summed E-state index contributed by atoms with van der Waals surface area (Å²) in [6.45, 7) is 5.01. The number of para-hydroxylation sites is 1. The molecule has 1 saturated heterocycles. The Labute approximate surface area is 140 Å². The van der Waals surface area contributed by atoms with Gasteiger partial charge in [0.1, 0.15) is 0 Å². The van der Waals surface area contributed by atoms with Crippen LogP contribution in [0.2, 0.25) is 0 Å². The Morgan fingerprint density at radius 3 is 2.96 bits per heavy atom. The van der Waals surface area contributed by atoms with Gasteiger partial charge in [0.25, 0.3) is 0 Å². The molecule has 122 valence electrons. The van der Waals surface area contributed by atoms with Gasteiger partial charge < -0.3 is 4.90 Å². The maximum atomic E-state index is 12.4. The highest BCUT2D eigenvalue weighted by molar-refractivity contribution is 7.99. The predicted octanol–water partition coefficient (Wildman–Crippen LogP) is 2.46. The Balaban J connectivity index is 1.69. The lowest BCUT2D eigenvalue weighted by Crippen LogP contribution is -2.43. The van der Waals surface area contributed by atoms with Gasteiger partial charge >= 0.3 is 0 Å². The largest absolute Gasteiger partial charge is 0.339 e. The zero-order chi connectivity index (χ0) is 16.2. The second kappa shape index (κ2) is 7.12. The fourth-order valence-corrected chi connectivity index (χ4v) is 3.67. The maximum absolute atomic E-state index is 12.4. The van der Waals surface area contributed by atoms with Gasteiger partial charge in [-0.25, -0.2) is 0 Å². The maximum Gasteiger partial charge on any atom is 0.233 e. The smallest absolute Gasteiger partial charge is 0.233 e. The summed E-state index contributed by atoms with van der Waals surface area (Å²) in [5, 5.41) is 12.5. The molecule has 0 bridgehead atoms. The molecule has 0 radical (unpaired) electrons. The molecule has 0 saturated carbocycles. The number of nitrogens with zero attached hydrogens (tertiary/aromatic N) is 5. The number of tetrazole rings is 1. The number of hydrogen-bond acceptors (Lipinski definition) is 5. The van der Waals surface area contributed by atoms with Gasteiger partial charge in [-0.05, 0) is 55.2 Å². The zero-order valence-electron chi connectivity index (χ0n) is 13.5. The molecule has 2 aromatic rings. The zero-order valence-corrected chi connectivity index (χ0v) is 14.3. The first-order valence-electron chi connectivity index (χ1n) is 7.93. The molecule has 1 aliphatic heterocycles. The molecule has 1 aromatic carbocycles. The first-order chi connectivity index (χ1) is 11.2. The molecule has 0 spiro atoms. The van der Waals surface area contributed by atoms with E-state index in [1.165, 1.54) is 18.2 Å². The molecule has 1 aromatic heterocycles. The fourth-order valence-electron chi connectivity index (χ4n) is 2.90. The summed E-state index contributed by atoms with van der Waals surface area (Å²) in [5.74, 6) is 0.540. The van der Waals surface area contributed by atoms with E-state index in [1.54, 1.807) is 4.68 Å². The third-order valence-electron chi connectivity index (χ3n) is 4.23. The minimum absolute atomic E-state index is 0.168. The summed E-state index contributed by atoms with van der Waals surface area (Å²) in [6.07, 6.45) is 3.41. The van der Waals surface area contributed by atoms with Crippen molar-refractivity contribution in [3.63, 3.8) is 0 Å². The van der Waals surface area contributed by atoms with Crippen LogP contribution in [0.3, 0.4) is 0 Å². The van der Waals surface area contributed by atoms with Crippen molar-refractivity contribution in [1.82, 2.24) is 25.1 Å². The van der Waals surface area contributed by atoms with Crippen molar-refractivity contribution in [3.8, 4) is 5.69 Å². The van der Waals surface area contributed by atoms with Crippen LogP contribution in [0.15, 0.2) is 29.4 Å². The minimum Gasteiger partial charge on any atom is -0.339 e. The van der Waals surface area contributed by atoms with Crippen molar-refractivity contribution in [2.24, 2.45) is 0 Å². The lowest BCUT2D eigenvalue weighted by molar-refractivity contribution is -0.131. The van der Waals surface area contributed by atoms with E-state index < -0.39 is 0 Å². The molecule has 1 atom stereocenters. The van der Waals surface area contributed by atoms with E-state index in [-0.39, 0.29) is 5.91 Å². The summed E-state index contributed by atoms with van der Waals surface area (Å²) in [6, 6.07) is 8.27. The average molecular weight is 331 g/mol. The molecule has 6 nitrogen and oxygen atoms in total. The number of aromatic nitrogens is 4. The van der Waals surface area contributed by atoms with Gasteiger partial charge in [0.2, 0.25) is 11.1 Å². The van der Waals surface area contributed by atoms with Crippen LogP contribution in [0.25, 0.3) is 5.69 Å².